The van der Waals surface area contributed by atoms with Crippen molar-refractivity contribution < 1.29 is 8.91 Å². The summed E-state index contributed by atoms with van der Waals surface area (Å²) in [4.78, 5) is 0. The van der Waals surface area contributed by atoms with Crippen LogP contribution in [-0.2, 0) is 7.05 Å². The largest absolute Gasteiger partial charge is 0.367 e. The fourth-order valence-electron chi connectivity index (χ4n) is 1.97. The summed E-state index contributed by atoms with van der Waals surface area (Å²) in [7, 11) is 1.79. The maximum absolute atomic E-state index is 13.9. The van der Waals surface area contributed by atoms with Gasteiger partial charge in [-0.1, -0.05) is 23.4 Å². The van der Waals surface area contributed by atoms with E-state index < -0.39 is 0 Å². The third-order valence-corrected chi connectivity index (χ3v) is 2.84. The van der Waals surface area contributed by atoms with Crippen LogP contribution in [0.1, 0.15) is 0 Å². The minimum atomic E-state index is -0.373. The number of benzene rings is 1. The van der Waals surface area contributed by atoms with Crippen molar-refractivity contribution in [2.45, 2.75) is 0 Å². The number of aryl methyl sites for hydroxylation is 1. The molecule has 19 heavy (non-hydrogen) atoms. The minimum Gasteiger partial charge on any atom is -0.367 e. The molecule has 0 atom stereocenters. The van der Waals surface area contributed by atoms with Crippen LogP contribution in [0.4, 0.5) is 10.3 Å². The highest BCUT2D eigenvalue weighted by atomic mass is 19.1. The molecular weight excluding hydrogens is 247 g/mol. The molecule has 0 bridgehead atoms. The van der Waals surface area contributed by atoms with Crippen LogP contribution in [-0.4, -0.2) is 14.9 Å². The zero-order valence-corrected chi connectivity index (χ0v) is 10.2. The Kier molecular flexibility index (Phi) is 2.56. The van der Waals surface area contributed by atoms with Crippen LogP contribution in [0.15, 0.2) is 41.2 Å². The predicted molar refractivity (Wildman–Crippen MR) is 68.5 cm³/mol. The Morgan fingerprint density at radius 2 is 2.11 bits per heavy atom. The normalized spacial score (nSPS) is 10.8. The van der Waals surface area contributed by atoms with E-state index in [0.29, 0.717) is 16.8 Å². The van der Waals surface area contributed by atoms with Crippen molar-refractivity contribution in [1.82, 2.24) is 14.9 Å². The summed E-state index contributed by atoms with van der Waals surface area (Å²) >= 11 is 0. The molecule has 0 radical (unpaired) electrons. The second-order valence-corrected chi connectivity index (χ2v) is 4.15. The standard InChI is InChI=1S/C13H11FN4O/c1-18-7-8(6-16-18)12-11(13(15)19-17-12)9-4-2-3-5-10(9)14/h2-7H,15H2,1H3. The molecule has 0 spiro atoms. The summed E-state index contributed by atoms with van der Waals surface area (Å²) in [5, 5.41) is 7.96. The zero-order valence-electron chi connectivity index (χ0n) is 10.2. The second-order valence-electron chi connectivity index (χ2n) is 4.15. The lowest BCUT2D eigenvalue weighted by Gasteiger charge is -2.02. The van der Waals surface area contributed by atoms with Gasteiger partial charge in [-0.3, -0.25) is 4.68 Å². The van der Waals surface area contributed by atoms with E-state index in [9.17, 15) is 4.39 Å². The van der Waals surface area contributed by atoms with E-state index in [1.165, 1.54) is 6.07 Å². The molecule has 0 aliphatic rings. The first-order valence-corrected chi connectivity index (χ1v) is 5.66. The number of nitrogens with zero attached hydrogens (tertiary/aromatic N) is 3. The van der Waals surface area contributed by atoms with Gasteiger partial charge < -0.3 is 10.3 Å². The molecule has 3 aromatic rings. The third kappa shape index (κ3) is 1.87. The van der Waals surface area contributed by atoms with E-state index in [0.717, 1.165) is 5.56 Å². The second kappa shape index (κ2) is 4.24. The zero-order chi connectivity index (χ0) is 13.4. The van der Waals surface area contributed by atoms with Gasteiger partial charge in [-0.15, -0.1) is 0 Å². The molecule has 2 N–H and O–H groups in total. The van der Waals surface area contributed by atoms with Crippen molar-refractivity contribution in [2.75, 3.05) is 5.73 Å². The first kappa shape index (κ1) is 11.5. The molecule has 0 aliphatic heterocycles. The van der Waals surface area contributed by atoms with Crippen LogP contribution < -0.4 is 5.73 Å². The molecule has 0 saturated carbocycles. The minimum absolute atomic E-state index is 0.0870. The molecule has 3 rings (SSSR count). The van der Waals surface area contributed by atoms with Crippen LogP contribution in [0, 0.1) is 5.82 Å². The van der Waals surface area contributed by atoms with Gasteiger partial charge in [-0.05, 0) is 6.07 Å². The summed E-state index contributed by atoms with van der Waals surface area (Å²) in [6.45, 7) is 0. The number of halogens is 1. The monoisotopic (exact) mass is 258 g/mol. The number of aromatic nitrogens is 3. The highest BCUT2D eigenvalue weighted by molar-refractivity contribution is 5.86. The lowest BCUT2D eigenvalue weighted by molar-refractivity contribution is 0.439. The molecule has 1 aromatic carbocycles. The maximum atomic E-state index is 13.9. The Morgan fingerprint density at radius 3 is 2.79 bits per heavy atom. The first-order chi connectivity index (χ1) is 9.16. The number of rotatable bonds is 2. The number of anilines is 1. The average Bonchev–Trinajstić information content (AvgIpc) is 2.96. The number of hydrogen-bond acceptors (Lipinski definition) is 4. The van der Waals surface area contributed by atoms with Gasteiger partial charge >= 0.3 is 0 Å². The van der Waals surface area contributed by atoms with E-state index in [1.54, 1.807) is 42.3 Å². The number of hydrogen-bond donors (Lipinski definition) is 1. The van der Waals surface area contributed by atoms with Crippen molar-refractivity contribution in [3.63, 3.8) is 0 Å². The van der Waals surface area contributed by atoms with Crippen LogP contribution in [0.5, 0.6) is 0 Å². The molecule has 0 saturated heterocycles. The topological polar surface area (TPSA) is 69.9 Å². The number of nitrogen functional groups attached to an aromatic ring is 1. The van der Waals surface area contributed by atoms with Crippen LogP contribution in [0.2, 0.25) is 0 Å². The van der Waals surface area contributed by atoms with Crippen LogP contribution >= 0.6 is 0 Å². The Hall–Kier alpha value is -2.63. The molecular formula is C13H11FN4O. The number of nitrogens with two attached hydrogens (primary N) is 1. The fraction of sp³-hybridized carbons (Fsp3) is 0.0769. The van der Waals surface area contributed by atoms with Gasteiger partial charge in [-0.2, -0.15) is 5.10 Å². The van der Waals surface area contributed by atoms with Gasteiger partial charge in [0.25, 0.3) is 0 Å². The van der Waals surface area contributed by atoms with Crippen molar-refractivity contribution in [3.05, 3.63) is 42.5 Å². The fourth-order valence-corrected chi connectivity index (χ4v) is 1.97. The molecule has 2 heterocycles. The quantitative estimate of drug-likeness (QED) is 0.766. The van der Waals surface area contributed by atoms with Gasteiger partial charge in [0.2, 0.25) is 5.88 Å². The molecule has 0 fully saturated rings. The average molecular weight is 258 g/mol. The van der Waals surface area contributed by atoms with Crippen molar-refractivity contribution in [1.29, 1.82) is 0 Å². The summed E-state index contributed by atoms with van der Waals surface area (Å²) in [5.41, 5.74) is 7.78. The highest BCUT2D eigenvalue weighted by Gasteiger charge is 2.20. The maximum Gasteiger partial charge on any atom is 0.230 e. The van der Waals surface area contributed by atoms with E-state index in [4.69, 9.17) is 10.3 Å². The van der Waals surface area contributed by atoms with Gasteiger partial charge in [0.15, 0.2) is 0 Å². The van der Waals surface area contributed by atoms with Gasteiger partial charge in [-0.25, -0.2) is 4.39 Å². The highest BCUT2D eigenvalue weighted by Crippen LogP contribution is 2.36. The van der Waals surface area contributed by atoms with Crippen molar-refractivity contribution in [3.8, 4) is 22.4 Å². The molecule has 5 nitrogen and oxygen atoms in total. The summed E-state index contributed by atoms with van der Waals surface area (Å²) in [5.74, 6) is -0.286. The van der Waals surface area contributed by atoms with Crippen LogP contribution in [0.3, 0.4) is 0 Å². The van der Waals surface area contributed by atoms with Crippen molar-refractivity contribution in [2.24, 2.45) is 7.05 Å². The Bertz CT molecular complexity index is 732. The van der Waals surface area contributed by atoms with E-state index >= 15 is 0 Å². The third-order valence-electron chi connectivity index (χ3n) is 2.84. The molecule has 96 valence electrons. The smallest absolute Gasteiger partial charge is 0.230 e. The first-order valence-electron chi connectivity index (χ1n) is 5.66. The SMILES string of the molecule is Cn1cc(-c2noc(N)c2-c2ccccc2F)cn1. The Balaban J connectivity index is 2.22. The lowest BCUT2D eigenvalue weighted by Crippen LogP contribution is -1.90. The van der Waals surface area contributed by atoms with E-state index in [1.807, 2.05) is 0 Å². The van der Waals surface area contributed by atoms with Gasteiger partial charge in [0.1, 0.15) is 11.5 Å². The lowest BCUT2D eigenvalue weighted by atomic mass is 10.0. The summed E-state index contributed by atoms with van der Waals surface area (Å²) < 4.78 is 20.5. The summed E-state index contributed by atoms with van der Waals surface area (Å²) in [6, 6.07) is 6.36. The Morgan fingerprint density at radius 1 is 1.32 bits per heavy atom. The van der Waals surface area contributed by atoms with Crippen LogP contribution in [0.25, 0.3) is 22.4 Å². The molecule has 0 aliphatic carbocycles. The van der Waals surface area contributed by atoms with Gasteiger partial charge in [0.05, 0.1) is 11.8 Å². The van der Waals surface area contributed by atoms with Gasteiger partial charge in [0, 0.05) is 24.4 Å². The summed E-state index contributed by atoms with van der Waals surface area (Å²) in [6.07, 6.45) is 3.39. The molecule has 2 aromatic heterocycles. The van der Waals surface area contributed by atoms with E-state index in [-0.39, 0.29) is 11.7 Å². The van der Waals surface area contributed by atoms with Crippen molar-refractivity contribution >= 4 is 5.88 Å². The molecule has 0 amide bonds. The predicted octanol–water partition coefficient (Wildman–Crippen LogP) is 2.46. The molecule has 0 unspecified atom stereocenters. The molecule has 6 heteroatoms. The Labute approximate surface area is 108 Å². The van der Waals surface area contributed by atoms with E-state index in [2.05, 4.69) is 10.3 Å².